The van der Waals surface area contributed by atoms with E-state index in [9.17, 15) is 0 Å². The zero-order valence-corrected chi connectivity index (χ0v) is 17.5. The first kappa shape index (κ1) is 18.9. The molecule has 2 fully saturated rings. The third kappa shape index (κ3) is 3.85. The lowest BCUT2D eigenvalue weighted by molar-refractivity contribution is 0.0923. The van der Waals surface area contributed by atoms with Crippen molar-refractivity contribution < 1.29 is 9.47 Å². The summed E-state index contributed by atoms with van der Waals surface area (Å²) in [6, 6.07) is 6.78. The molecule has 156 valence electrons. The van der Waals surface area contributed by atoms with E-state index in [1.54, 1.807) is 0 Å². The molecule has 0 saturated carbocycles. The van der Waals surface area contributed by atoms with E-state index in [4.69, 9.17) is 19.6 Å². The Morgan fingerprint density at radius 3 is 2.62 bits per heavy atom. The third-order valence-corrected chi connectivity index (χ3v) is 6.53. The molecule has 2 saturated heterocycles. The number of fused-ring (bicyclic) bond motifs is 1. The van der Waals surface area contributed by atoms with Gasteiger partial charge in [-0.1, -0.05) is 0 Å². The van der Waals surface area contributed by atoms with Crippen molar-refractivity contribution in [3.63, 3.8) is 0 Å². The van der Waals surface area contributed by atoms with Gasteiger partial charge in [0.2, 0.25) is 0 Å². The van der Waals surface area contributed by atoms with Crippen LogP contribution in [0.15, 0.2) is 18.2 Å². The van der Waals surface area contributed by atoms with Crippen LogP contribution in [0.4, 0.5) is 0 Å². The Morgan fingerprint density at radius 2 is 1.79 bits per heavy atom. The van der Waals surface area contributed by atoms with E-state index in [0.717, 1.165) is 35.4 Å². The molecule has 2 aromatic rings. The second-order valence-corrected chi connectivity index (χ2v) is 8.63. The minimum Gasteiger partial charge on any atom is -0.486 e. The van der Waals surface area contributed by atoms with Gasteiger partial charge in [-0.2, -0.15) is 5.10 Å². The first-order valence-corrected chi connectivity index (χ1v) is 10.9. The summed E-state index contributed by atoms with van der Waals surface area (Å²) >= 11 is 0. The zero-order valence-electron chi connectivity index (χ0n) is 17.5. The van der Waals surface area contributed by atoms with Crippen molar-refractivity contribution in [3.8, 4) is 17.2 Å². The number of nitrogens with zero attached hydrogens (tertiary/aromatic N) is 5. The van der Waals surface area contributed by atoms with E-state index in [-0.39, 0.29) is 0 Å². The summed E-state index contributed by atoms with van der Waals surface area (Å²) in [6.07, 6.45) is 4.95. The van der Waals surface area contributed by atoms with Crippen LogP contribution in [-0.4, -0.2) is 77.0 Å². The Bertz CT molecular complexity index is 859. The summed E-state index contributed by atoms with van der Waals surface area (Å²) in [7, 11) is 2.23. The van der Waals surface area contributed by atoms with Crippen molar-refractivity contribution in [1.29, 1.82) is 0 Å². The van der Waals surface area contributed by atoms with Crippen LogP contribution in [0.25, 0.3) is 5.69 Å². The molecule has 0 bridgehead atoms. The standard InChI is InChI=1S/C22H31N5O2/c1-16-23-22(17-4-3-9-26(15-17)18-7-10-25(2)11-8-18)27(24-16)19-5-6-20-21(14-19)29-13-12-28-20/h5-6,14,17-18H,3-4,7-13,15H2,1-2H3. The monoisotopic (exact) mass is 397 g/mol. The first-order valence-electron chi connectivity index (χ1n) is 10.9. The molecule has 3 aliphatic rings. The van der Waals surface area contributed by atoms with Crippen LogP contribution in [0, 0.1) is 6.92 Å². The zero-order chi connectivity index (χ0) is 19.8. The summed E-state index contributed by atoms with van der Waals surface area (Å²) in [6.45, 7) is 7.88. The van der Waals surface area contributed by atoms with Crippen molar-refractivity contribution >= 4 is 0 Å². The van der Waals surface area contributed by atoms with Gasteiger partial charge >= 0.3 is 0 Å². The fourth-order valence-electron chi connectivity index (χ4n) is 4.96. The lowest BCUT2D eigenvalue weighted by atomic mass is 9.93. The molecule has 7 heteroatoms. The predicted molar refractivity (Wildman–Crippen MR) is 111 cm³/mol. The highest BCUT2D eigenvalue weighted by atomic mass is 16.6. The van der Waals surface area contributed by atoms with Gasteiger partial charge in [-0.3, -0.25) is 4.90 Å². The molecule has 1 aromatic carbocycles. The van der Waals surface area contributed by atoms with E-state index >= 15 is 0 Å². The number of rotatable bonds is 3. The van der Waals surface area contributed by atoms with Crippen LogP contribution in [0.1, 0.15) is 43.3 Å². The molecule has 3 aliphatic heterocycles. The smallest absolute Gasteiger partial charge is 0.163 e. The molecule has 0 aliphatic carbocycles. The molecule has 0 amide bonds. The molecule has 0 spiro atoms. The Hall–Kier alpha value is -2.12. The fourth-order valence-corrected chi connectivity index (χ4v) is 4.96. The van der Waals surface area contributed by atoms with Crippen molar-refractivity contribution in [1.82, 2.24) is 24.6 Å². The maximum absolute atomic E-state index is 5.78. The molecule has 1 atom stereocenters. The Kier molecular flexibility index (Phi) is 5.18. The Balaban J connectivity index is 1.39. The van der Waals surface area contributed by atoms with Crippen molar-refractivity contribution in [2.45, 2.75) is 44.6 Å². The summed E-state index contributed by atoms with van der Waals surface area (Å²) < 4.78 is 13.5. The molecule has 1 unspecified atom stereocenters. The summed E-state index contributed by atoms with van der Waals surface area (Å²) in [5.41, 5.74) is 1.00. The fraction of sp³-hybridized carbons (Fsp3) is 0.636. The second kappa shape index (κ2) is 7.95. The molecule has 5 rings (SSSR count). The van der Waals surface area contributed by atoms with E-state index < -0.39 is 0 Å². The van der Waals surface area contributed by atoms with Gasteiger partial charge in [0, 0.05) is 24.6 Å². The molecular formula is C22H31N5O2. The minimum absolute atomic E-state index is 0.415. The molecular weight excluding hydrogens is 366 g/mol. The number of aryl methyl sites for hydroxylation is 1. The van der Waals surface area contributed by atoms with E-state index in [1.807, 2.05) is 23.7 Å². The van der Waals surface area contributed by atoms with Crippen LogP contribution in [0.2, 0.25) is 0 Å². The molecule has 0 N–H and O–H groups in total. The van der Waals surface area contributed by atoms with Gasteiger partial charge < -0.3 is 14.4 Å². The van der Waals surface area contributed by atoms with Crippen molar-refractivity contribution in [3.05, 3.63) is 29.8 Å². The maximum Gasteiger partial charge on any atom is 0.163 e. The summed E-state index contributed by atoms with van der Waals surface area (Å²) in [5, 5.41) is 4.74. The molecule has 0 radical (unpaired) electrons. The van der Waals surface area contributed by atoms with Gasteiger partial charge in [-0.25, -0.2) is 9.67 Å². The average molecular weight is 398 g/mol. The average Bonchev–Trinajstić information content (AvgIpc) is 3.16. The lowest BCUT2D eigenvalue weighted by Crippen LogP contribution is -2.47. The van der Waals surface area contributed by atoms with Crippen LogP contribution in [0.5, 0.6) is 11.5 Å². The van der Waals surface area contributed by atoms with Crippen molar-refractivity contribution in [2.75, 3.05) is 46.4 Å². The highest BCUT2D eigenvalue weighted by molar-refractivity contribution is 5.49. The topological polar surface area (TPSA) is 55.7 Å². The number of aromatic nitrogens is 3. The van der Waals surface area contributed by atoms with Crippen molar-refractivity contribution in [2.24, 2.45) is 0 Å². The maximum atomic E-state index is 5.78. The highest BCUT2D eigenvalue weighted by Gasteiger charge is 2.31. The lowest BCUT2D eigenvalue weighted by Gasteiger charge is -2.41. The van der Waals surface area contributed by atoms with Crippen LogP contribution in [0.3, 0.4) is 0 Å². The largest absolute Gasteiger partial charge is 0.486 e. The molecule has 4 heterocycles. The Labute approximate surface area is 172 Å². The second-order valence-electron chi connectivity index (χ2n) is 8.63. The normalized spacial score (nSPS) is 24.0. The minimum atomic E-state index is 0.415. The molecule has 29 heavy (non-hydrogen) atoms. The number of hydrogen-bond donors (Lipinski definition) is 0. The number of hydrogen-bond acceptors (Lipinski definition) is 6. The summed E-state index contributed by atoms with van der Waals surface area (Å²) in [5.74, 6) is 3.93. The molecule has 1 aromatic heterocycles. The van der Waals surface area contributed by atoms with Gasteiger partial charge in [0.05, 0.1) is 5.69 Å². The van der Waals surface area contributed by atoms with Gasteiger partial charge in [-0.05, 0) is 71.4 Å². The third-order valence-electron chi connectivity index (χ3n) is 6.53. The first-order chi connectivity index (χ1) is 14.2. The predicted octanol–water partition coefficient (Wildman–Crippen LogP) is 2.62. The summed E-state index contributed by atoms with van der Waals surface area (Å²) in [4.78, 5) is 10.0. The van der Waals surface area contributed by atoms with Gasteiger partial charge in [-0.15, -0.1) is 0 Å². The quantitative estimate of drug-likeness (QED) is 0.794. The molecule has 7 nitrogen and oxygen atoms in total. The number of likely N-dealkylation sites (tertiary alicyclic amines) is 2. The number of benzene rings is 1. The Morgan fingerprint density at radius 1 is 1.00 bits per heavy atom. The van der Waals surface area contributed by atoms with Gasteiger partial charge in [0.15, 0.2) is 11.5 Å². The highest BCUT2D eigenvalue weighted by Crippen LogP contribution is 2.34. The van der Waals surface area contributed by atoms with Crippen LogP contribution >= 0.6 is 0 Å². The SMILES string of the molecule is Cc1nc(C2CCCN(C3CCN(C)CC3)C2)n(-c2ccc3c(c2)OCCO3)n1. The van der Waals surface area contributed by atoms with Crippen LogP contribution < -0.4 is 9.47 Å². The van der Waals surface area contributed by atoms with Crippen LogP contribution in [-0.2, 0) is 0 Å². The van der Waals surface area contributed by atoms with E-state index in [1.165, 1.54) is 45.3 Å². The number of piperidine rings is 2. The van der Waals surface area contributed by atoms with Gasteiger partial charge in [0.25, 0.3) is 0 Å². The van der Waals surface area contributed by atoms with E-state index in [0.29, 0.717) is 25.2 Å². The van der Waals surface area contributed by atoms with E-state index in [2.05, 4.69) is 22.9 Å². The van der Waals surface area contributed by atoms with Gasteiger partial charge in [0.1, 0.15) is 24.9 Å². The number of ether oxygens (including phenoxy) is 2.